The summed E-state index contributed by atoms with van der Waals surface area (Å²) in [5, 5.41) is 5.83. The Bertz CT molecular complexity index is 684. The zero-order valence-corrected chi connectivity index (χ0v) is 10.7. The van der Waals surface area contributed by atoms with Gasteiger partial charge in [0.1, 0.15) is 11.2 Å². The van der Waals surface area contributed by atoms with Crippen molar-refractivity contribution in [2.45, 2.75) is 19.9 Å². The van der Waals surface area contributed by atoms with E-state index in [1.54, 1.807) is 0 Å². The minimum Gasteiger partial charge on any atom is -0.456 e. The van der Waals surface area contributed by atoms with Gasteiger partial charge in [0.25, 0.3) is 0 Å². The smallest absolute Gasteiger partial charge is 0.135 e. The van der Waals surface area contributed by atoms with Crippen LogP contribution in [-0.4, -0.2) is 6.54 Å². The quantitative estimate of drug-likeness (QED) is 0.739. The van der Waals surface area contributed by atoms with Crippen LogP contribution in [0.3, 0.4) is 0 Å². The molecular weight excluding hydrogens is 222 g/mol. The normalized spacial score (nSPS) is 13.2. The molecule has 0 saturated heterocycles. The second-order valence-electron chi connectivity index (χ2n) is 4.63. The second kappa shape index (κ2) is 4.46. The molecule has 1 N–H and O–H groups in total. The Morgan fingerprint density at radius 3 is 2.67 bits per heavy atom. The lowest BCUT2D eigenvalue weighted by Gasteiger charge is -2.12. The molecule has 0 saturated carbocycles. The Morgan fingerprint density at radius 2 is 1.83 bits per heavy atom. The third kappa shape index (κ3) is 1.79. The van der Waals surface area contributed by atoms with Crippen molar-refractivity contribution in [1.29, 1.82) is 0 Å². The predicted octanol–water partition coefficient (Wildman–Crippen LogP) is 4.26. The summed E-state index contributed by atoms with van der Waals surface area (Å²) >= 11 is 0. The number of nitrogens with one attached hydrogen (secondary N) is 1. The molecule has 1 aromatic heterocycles. The van der Waals surface area contributed by atoms with E-state index in [4.69, 9.17) is 4.42 Å². The molecule has 0 radical (unpaired) electrons. The first kappa shape index (κ1) is 11.3. The Labute approximate surface area is 107 Å². The SMILES string of the molecule is CCNC(C)c1ccc2oc3ccccc3c2c1. The van der Waals surface area contributed by atoms with Crippen LogP contribution >= 0.6 is 0 Å². The van der Waals surface area contributed by atoms with Gasteiger partial charge < -0.3 is 9.73 Å². The minimum atomic E-state index is 0.369. The molecule has 2 nitrogen and oxygen atoms in total. The van der Waals surface area contributed by atoms with Gasteiger partial charge in [-0.2, -0.15) is 0 Å². The first-order valence-electron chi connectivity index (χ1n) is 6.44. The fourth-order valence-corrected chi connectivity index (χ4v) is 2.44. The standard InChI is InChI=1S/C16H17NO/c1-3-17-11(2)12-8-9-16-14(10-12)13-6-4-5-7-15(13)18-16/h4-11,17H,3H2,1-2H3. The molecule has 0 aliphatic carbocycles. The number of hydrogen-bond acceptors (Lipinski definition) is 2. The fraction of sp³-hybridized carbons (Fsp3) is 0.250. The molecule has 92 valence electrons. The summed E-state index contributed by atoms with van der Waals surface area (Å²) in [7, 11) is 0. The van der Waals surface area contributed by atoms with Gasteiger partial charge in [0, 0.05) is 16.8 Å². The van der Waals surface area contributed by atoms with E-state index in [0.717, 1.165) is 17.7 Å². The van der Waals surface area contributed by atoms with Crippen LogP contribution in [0.1, 0.15) is 25.5 Å². The molecule has 1 atom stereocenters. The molecule has 3 aromatic rings. The van der Waals surface area contributed by atoms with Crippen LogP contribution in [0.25, 0.3) is 21.9 Å². The maximum Gasteiger partial charge on any atom is 0.135 e. The van der Waals surface area contributed by atoms with Gasteiger partial charge >= 0.3 is 0 Å². The van der Waals surface area contributed by atoms with Crippen LogP contribution in [0.5, 0.6) is 0 Å². The lowest BCUT2D eigenvalue weighted by atomic mass is 10.0. The summed E-state index contributed by atoms with van der Waals surface area (Å²) in [5.74, 6) is 0. The van der Waals surface area contributed by atoms with E-state index in [2.05, 4.69) is 49.5 Å². The van der Waals surface area contributed by atoms with E-state index in [9.17, 15) is 0 Å². The highest BCUT2D eigenvalue weighted by molar-refractivity contribution is 6.04. The van der Waals surface area contributed by atoms with E-state index in [1.807, 2.05) is 12.1 Å². The van der Waals surface area contributed by atoms with Gasteiger partial charge in [0.05, 0.1) is 0 Å². The zero-order valence-electron chi connectivity index (χ0n) is 10.7. The lowest BCUT2D eigenvalue weighted by Crippen LogP contribution is -2.17. The number of rotatable bonds is 3. The molecule has 0 amide bonds. The van der Waals surface area contributed by atoms with Crippen LogP contribution in [0, 0.1) is 0 Å². The number of fused-ring (bicyclic) bond motifs is 3. The van der Waals surface area contributed by atoms with E-state index < -0.39 is 0 Å². The summed E-state index contributed by atoms with van der Waals surface area (Å²) in [6.45, 7) is 5.29. The van der Waals surface area contributed by atoms with Crippen LogP contribution in [-0.2, 0) is 0 Å². The third-order valence-corrected chi connectivity index (χ3v) is 3.41. The molecule has 0 aliphatic rings. The predicted molar refractivity (Wildman–Crippen MR) is 75.8 cm³/mol. The molecular formula is C16H17NO. The van der Waals surface area contributed by atoms with E-state index >= 15 is 0 Å². The number of benzene rings is 2. The zero-order chi connectivity index (χ0) is 12.5. The molecule has 18 heavy (non-hydrogen) atoms. The monoisotopic (exact) mass is 239 g/mol. The van der Waals surface area contributed by atoms with Crippen molar-refractivity contribution in [3.63, 3.8) is 0 Å². The van der Waals surface area contributed by atoms with Crippen molar-refractivity contribution in [3.8, 4) is 0 Å². The van der Waals surface area contributed by atoms with Gasteiger partial charge in [-0.05, 0) is 37.2 Å². The Morgan fingerprint density at radius 1 is 1.06 bits per heavy atom. The minimum absolute atomic E-state index is 0.369. The second-order valence-corrected chi connectivity index (χ2v) is 4.63. The largest absolute Gasteiger partial charge is 0.456 e. The molecule has 1 heterocycles. The van der Waals surface area contributed by atoms with E-state index in [-0.39, 0.29) is 0 Å². The topological polar surface area (TPSA) is 25.2 Å². The maximum absolute atomic E-state index is 5.83. The van der Waals surface area contributed by atoms with Crippen LogP contribution in [0.15, 0.2) is 46.9 Å². The van der Waals surface area contributed by atoms with Crippen molar-refractivity contribution in [2.24, 2.45) is 0 Å². The number of para-hydroxylation sites is 1. The first-order valence-corrected chi connectivity index (χ1v) is 6.44. The van der Waals surface area contributed by atoms with Gasteiger partial charge in [-0.15, -0.1) is 0 Å². The van der Waals surface area contributed by atoms with Crippen molar-refractivity contribution in [3.05, 3.63) is 48.0 Å². The molecule has 2 heteroatoms. The summed E-state index contributed by atoms with van der Waals surface area (Å²) in [5.41, 5.74) is 3.22. The molecule has 3 rings (SSSR count). The number of furan rings is 1. The molecule has 0 aliphatic heterocycles. The van der Waals surface area contributed by atoms with Crippen molar-refractivity contribution in [1.82, 2.24) is 5.32 Å². The van der Waals surface area contributed by atoms with E-state index in [1.165, 1.54) is 16.3 Å². The maximum atomic E-state index is 5.83. The van der Waals surface area contributed by atoms with Gasteiger partial charge in [0.15, 0.2) is 0 Å². The van der Waals surface area contributed by atoms with Gasteiger partial charge in [-0.3, -0.25) is 0 Å². The van der Waals surface area contributed by atoms with Crippen LogP contribution < -0.4 is 5.32 Å². The highest BCUT2D eigenvalue weighted by Gasteiger charge is 2.09. The highest BCUT2D eigenvalue weighted by Crippen LogP contribution is 2.30. The molecule has 0 bridgehead atoms. The summed E-state index contributed by atoms with van der Waals surface area (Å²) < 4.78 is 5.83. The average Bonchev–Trinajstić information content (AvgIpc) is 2.76. The van der Waals surface area contributed by atoms with Gasteiger partial charge in [-0.25, -0.2) is 0 Å². The Hall–Kier alpha value is -1.80. The molecule has 0 spiro atoms. The van der Waals surface area contributed by atoms with Gasteiger partial charge in [0.2, 0.25) is 0 Å². The summed E-state index contributed by atoms with van der Waals surface area (Å²) in [4.78, 5) is 0. The number of hydrogen-bond donors (Lipinski definition) is 1. The third-order valence-electron chi connectivity index (χ3n) is 3.41. The van der Waals surface area contributed by atoms with Crippen LogP contribution in [0.4, 0.5) is 0 Å². The first-order chi connectivity index (χ1) is 8.79. The summed E-state index contributed by atoms with van der Waals surface area (Å²) in [6, 6.07) is 15.0. The molecule has 1 unspecified atom stereocenters. The fourth-order valence-electron chi connectivity index (χ4n) is 2.44. The average molecular weight is 239 g/mol. The van der Waals surface area contributed by atoms with Gasteiger partial charge in [-0.1, -0.05) is 31.2 Å². The van der Waals surface area contributed by atoms with Crippen molar-refractivity contribution >= 4 is 21.9 Å². The summed E-state index contributed by atoms with van der Waals surface area (Å²) in [6.07, 6.45) is 0. The van der Waals surface area contributed by atoms with Crippen molar-refractivity contribution < 1.29 is 4.42 Å². The Kier molecular flexibility index (Phi) is 2.80. The highest BCUT2D eigenvalue weighted by atomic mass is 16.3. The lowest BCUT2D eigenvalue weighted by molar-refractivity contribution is 0.598. The molecule has 2 aromatic carbocycles. The Balaban J connectivity index is 2.18. The van der Waals surface area contributed by atoms with E-state index in [0.29, 0.717) is 6.04 Å². The van der Waals surface area contributed by atoms with Crippen molar-refractivity contribution in [2.75, 3.05) is 6.54 Å². The van der Waals surface area contributed by atoms with Crippen LogP contribution in [0.2, 0.25) is 0 Å². The molecule has 0 fully saturated rings.